The Bertz CT molecular complexity index is 517. The van der Waals surface area contributed by atoms with Crippen LogP contribution in [0.5, 0.6) is 0 Å². The first kappa shape index (κ1) is 16.0. The van der Waals surface area contributed by atoms with Crippen molar-refractivity contribution in [3.63, 3.8) is 0 Å². The predicted molar refractivity (Wildman–Crippen MR) is 77.7 cm³/mol. The zero-order valence-electron chi connectivity index (χ0n) is 12.3. The third-order valence-corrected chi connectivity index (χ3v) is 3.48. The SMILES string of the molecule is O=CCCCC[C@H]1C(=O)OCN1C(=O)OCc1ccccc1. The fourth-order valence-electron chi connectivity index (χ4n) is 2.27. The molecule has 6 heteroatoms. The van der Waals surface area contributed by atoms with Gasteiger partial charge in [-0.2, -0.15) is 0 Å². The van der Waals surface area contributed by atoms with Gasteiger partial charge in [0.05, 0.1) is 0 Å². The fraction of sp³-hybridized carbons (Fsp3) is 0.438. The Kier molecular flexibility index (Phi) is 5.94. The van der Waals surface area contributed by atoms with Gasteiger partial charge in [-0.25, -0.2) is 9.59 Å². The van der Waals surface area contributed by atoms with E-state index in [0.29, 0.717) is 25.7 Å². The molecule has 0 aromatic heterocycles. The van der Waals surface area contributed by atoms with E-state index in [2.05, 4.69) is 0 Å². The standard InChI is InChI=1S/C16H19NO5/c18-10-6-2-5-9-14-15(19)22-12-17(14)16(20)21-11-13-7-3-1-4-8-13/h1,3-4,7-8,10,14H,2,5-6,9,11-12H2/t14-/m0/s1. The molecule has 0 aliphatic carbocycles. The quantitative estimate of drug-likeness (QED) is 0.439. The van der Waals surface area contributed by atoms with Gasteiger partial charge in [0.15, 0.2) is 6.73 Å². The van der Waals surface area contributed by atoms with E-state index < -0.39 is 18.1 Å². The molecule has 6 nitrogen and oxygen atoms in total. The highest BCUT2D eigenvalue weighted by Crippen LogP contribution is 2.19. The van der Waals surface area contributed by atoms with E-state index >= 15 is 0 Å². The van der Waals surface area contributed by atoms with Gasteiger partial charge in [0, 0.05) is 6.42 Å². The molecule has 1 aliphatic rings. The maximum atomic E-state index is 12.1. The fourth-order valence-corrected chi connectivity index (χ4v) is 2.27. The van der Waals surface area contributed by atoms with Crippen molar-refractivity contribution < 1.29 is 23.9 Å². The molecule has 0 unspecified atom stereocenters. The minimum atomic E-state index is -0.616. The van der Waals surface area contributed by atoms with Gasteiger partial charge in [0.25, 0.3) is 0 Å². The number of carbonyl (C=O) groups is 3. The zero-order valence-corrected chi connectivity index (χ0v) is 12.3. The van der Waals surface area contributed by atoms with Gasteiger partial charge in [0.2, 0.25) is 0 Å². The van der Waals surface area contributed by atoms with Crippen LogP contribution in [0.25, 0.3) is 0 Å². The molecule has 1 atom stereocenters. The van der Waals surface area contributed by atoms with Crippen LogP contribution in [0.2, 0.25) is 0 Å². The molecule has 118 valence electrons. The highest BCUT2D eigenvalue weighted by atomic mass is 16.6. The Balaban J connectivity index is 1.84. The van der Waals surface area contributed by atoms with Crippen molar-refractivity contribution in [2.45, 2.75) is 38.3 Å². The number of hydrogen-bond acceptors (Lipinski definition) is 5. The van der Waals surface area contributed by atoms with Crippen LogP contribution < -0.4 is 0 Å². The Morgan fingerprint density at radius 3 is 2.82 bits per heavy atom. The number of carbonyl (C=O) groups excluding carboxylic acids is 3. The Morgan fingerprint density at radius 2 is 2.09 bits per heavy atom. The number of esters is 1. The van der Waals surface area contributed by atoms with Crippen molar-refractivity contribution >= 4 is 18.3 Å². The van der Waals surface area contributed by atoms with Crippen LogP contribution in [0.15, 0.2) is 30.3 Å². The van der Waals surface area contributed by atoms with Crippen LogP contribution in [-0.4, -0.2) is 36.0 Å². The highest BCUT2D eigenvalue weighted by Gasteiger charge is 2.38. The van der Waals surface area contributed by atoms with Crippen molar-refractivity contribution in [1.82, 2.24) is 4.90 Å². The van der Waals surface area contributed by atoms with Gasteiger partial charge >= 0.3 is 12.1 Å². The van der Waals surface area contributed by atoms with Gasteiger partial charge in [-0.3, -0.25) is 4.90 Å². The van der Waals surface area contributed by atoms with Crippen molar-refractivity contribution in [2.24, 2.45) is 0 Å². The van der Waals surface area contributed by atoms with Crippen molar-refractivity contribution in [2.75, 3.05) is 6.73 Å². The Labute approximate surface area is 129 Å². The van der Waals surface area contributed by atoms with E-state index in [0.717, 1.165) is 11.8 Å². The molecule has 1 aliphatic heterocycles. The van der Waals surface area contributed by atoms with E-state index in [1.54, 1.807) is 0 Å². The summed E-state index contributed by atoms with van der Waals surface area (Å²) in [6, 6.07) is 8.71. The van der Waals surface area contributed by atoms with Gasteiger partial charge in [0.1, 0.15) is 18.9 Å². The van der Waals surface area contributed by atoms with Crippen LogP contribution >= 0.6 is 0 Å². The minimum absolute atomic E-state index is 0.0786. The summed E-state index contributed by atoms with van der Waals surface area (Å²) in [7, 11) is 0. The highest BCUT2D eigenvalue weighted by molar-refractivity contribution is 5.83. The first-order valence-corrected chi connectivity index (χ1v) is 7.30. The van der Waals surface area contributed by atoms with Crippen molar-refractivity contribution in [1.29, 1.82) is 0 Å². The largest absolute Gasteiger partial charge is 0.444 e. The maximum absolute atomic E-state index is 12.1. The second kappa shape index (κ2) is 8.17. The number of aldehydes is 1. The van der Waals surface area contributed by atoms with Crippen LogP contribution in [0.1, 0.15) is 31.2 Å². The molecule has 2 rings (SSSR count). The Morgan fingerprint density at radius 1 is 1.32 bits per heavy atom. The molecule has 1 aromatic rings. The van der Waals surface area contributed by atoms with Crippen LogP contribution in [0, 0.1) is 0 Å². The van der Waals surface area contributed by atoms with Crippen LogP contribution in [0.4, 0.5) is 4.79 Å². The molecule has 1 amide bonds. The number of cyclic esters (lactones) is 1. The third kappa shape index (κ3) is 4.31. The molecule has 1 fully saturated rings. The summed E-state index contributed by atoms with van der Waals surface area (Å²) in [5.74, 6) is -0.414. The van der Waals surface area contributed by atoms with Gasteiger partial charge in [-0.05, 0) is 18.4 Å². The Hall–Kier alpha value is -2.37. The first-order chi connectivity index (χ1) is 10.7. The minimum Gasteiger partial charge on any atom is -0.444 e. The molecular formula is C16H19NO5. The van der Waals surface area contributed by atoms with Gasteiger partial charge in [-0.1, -0.05) is 36.8 Å². The smallest absolute Gasteiger partial charge is 0.413 e. The normalized spacial score (nSPS) is 17.2. The molecule has 1 aromatic carbocycles. The lowest BCUT2D eigenvalue weighted by Gasteiger charge is -2.19. The second-order valence-corrected chi connectivity index (χ2v) is 5.07. The number of hydrogen-bond donors (Lipinski definition) is 0. The molecule has 0 bridgehead atoms. The summed E-state index contributed by atoms with van der Waals surface area (Å²) in [5, 5.41) is 0. The molecule has 0 spiro atoms. The van der Waals surface area contributed by atoms with Crippen molar-refractivity contribution in [3.8, 4) is 0 Å². The summed E-state index contributed by atoms with van der Waals surface area (Å²) < 4.78 is 10.1. The number of benzene rings is 1. The molecule has 1 saturated heterocycles. The van der Waals surface area contributed by atoms with Crippen molar-refractivity contribution in [3.05, 3.63) is 35.9 Å². The van der Waals surface area contributed by atoms with E-state index in [4.69, 9.17) is 9.47 Å². The average molecular weight is 305 g/mol. The summed E-state index contributed by atoms with van der Waals surface area (Å²) >= 11 is 0. The van der Waals surface area contributed by atoms with E-state index in [1.807, 2.05) is 30.3 Å². The number of nitrogens with zero attached hydrogens (tertiary/aromatic N) is 1. The monoisotopic (exact) mass is 305 g/mol. The predicted octanol–water partition coefficient (Wildman–Crippen LogP) is 2.27. The lowest BCUT2D eigenvalue weighted by molar-refractivity contribution is -0.139. The molecule has 0 N–H and O–H groups in total. The first-order valence-electron chi connectivity index (χ1n) is 7.30. The number of amides is 1. The van der Waals surface area contributed by atoms with Crippen LogP contribution in [-0.2, 0) is 25.7 Å². The summed E-state index contributed by atoms with van der Waals surface area (Å²) in [5.41, 5.74) is 0.879. The van der Waals surface area contributed by atoms with Gasteiger partial charge < -0.3 is 14.3 Å². The van der Waals surface area contributed by atoms with E-state index in [1.165, 1.54) is 4.90 Å². The molecule has 0 saturated carbocycles. The summed E-state index contributed by atoms with van der Waals surface area (Å²) in [6.45, 7) is 0.0764. The van der Waals surface area contributed by atoms with Gasteiger partial charge in [-0.15, -0.1) is 0 Å². The van der Waals surface area contributed by atoms with Crippen LogP contribution in [0.3, 0.4) is 0 Å². The molecule has 22 heavy (non-hydrogen) atoms. The zero-order chi connectivity index (χ0) is 15.8. The lowest BCUT2D eigenvalue weighted by Crippen LogP contribution is -2.38. The van der Waals surface area contributed by atoms with E-state index in [-0.39, 0.29) is 13.3 Å². The lowest BCUT2D eigenvalue weighted by atomic mass is 10.1. The third-order valence-electron chi connectivity index (χ3n) is 3.48. The summed E-state index contributed by atoms with van der Waals surface area (Å²) in [6.07, 6.45) is 2.60. The number of rotatable bonds is 7. The topological polar surface area (TPSA) is 72.9 Å². The number of ether oxygens (including phenoxy) is 2. The molecule has 1 heterocycles. The molecular weight excluding hydrogens is 286 g/mol. The summed E-state index contributed by atoms with van der Waals surface area (Å²) in [4.78, 5) is 35.3. The second-order valence-electron chi connectivity index (χ2n) is 5.07. The number of unbranched alkanes of at least 4 members (excludes halogenated alkanes) is 2. The maximum Gasteiger partial charge on any atom is 0.413 e. The average Bonchev–Trinajstić information content (AvgIpc) is 2.91. The van der Waals surface area contributed by atoms with E-state index in [9.17, 15) is 14.4 Å². The molecule has 0 radical (unpaired) electrons.